The largest absolute Gasteiger partial charge is 0.503 e. The van der Waals surface area contributed by atoms with Crippen LogP contribution in [0.15, 0.2) is 78.4 Å². The second-order valence-corrected chi connectivity index (χ2v) is 14.2. The molecule has 2 N–H and O–H groups in total. The van der Waals surface area contributed by atoms with Gasteiger partial charge in [-0.1, -0.05) is 57.4 Å². The first-order valence-corrected chi connectivity index (χ1v) is 17.1. The molecule has 2 heterocycles. The van der Waals surface area contributed by atoms with Crippen LogP contribution in [-0.4, -0.2) is 55.9 Å². The average molecular weight is 760 g/mol. The van der Waals surface area contributed by atoms with Gasteiger partial charge in [0.1, 0.15) is 0 Å². The normalized spacial score (nSPS) is 29.8. The second-order valence-electron chi connectivity index (χ2n) is 12.1. The number of phenolic OH excluding ortho intramolecular Hbond substituents is 1. The first-order valence-electron chi connectivity index (χ1n) is 14.8. The number of benzene rings is 3. The number of hydrogen-bond donors (Lipinski definition) is 2. The van der Waals surface area contributed by atoms with Gasteiger partial charge in [-0.15, -0.1) is 23.2 Å². The van der Waals surface area contributed by atoms with E-state index in [0.717, 1.165) is 16.3 Å². The molecule has 242 valence electrons. The Kier molecular flexibility index (Phi) is 7.86. The minimum Gasteiger partial charge on any atom is -0.503 e. The number of halogens is 4. The van der Waals surface area contributed by atoms with Crippen LogP contribution in [-0.2, 0) is 19.2 Å². The highest BCUT2D eigenvalue weighted by Crippen LogP contribution is 2.66. The van der Waals surface area contributed by atoms with Crippen LogP contribution in [0.4, 0.5) is 17.1 Å². The summed E-state index contributed by atoms with van der Waals surface area (Å²) in [7, 11) is 1.35. The van der Waals surface area contributed by atoms with Crippen molar-refractivity contribution in [2.24, 2.45) is 17.8 Å². The molecule has 0 unspecified atom stereocenters. The van der Waals surface area contributed by atoms with Crippen LogP contribution in [0.5, 0.6) is 11.5 Å². The highest BCUT2D eigenvalue weighted by molar-refractivity contribution is 9.09. The Morgan fingerprint density at radius 3 is 2.30 bits per heavy atom. The number of likely N-dealkylation sites (tertiary alicyclic amines) is 1. The van der Waals surface area contributed by atoms with Crippen LogP contribution in [0.2, 0.25) is 5.02 Å². The van der Waals surface area contributed by atoms with E-state index in [-0.39, 0.29) is 40.7 Å². The maximum absolute atomic E-state index is 14.3. The summed E-state index contributed by atoms with van der Waals surface area (Å²) in [5, 5.41) is 13.7. The number of nitrogens with zero attached hydrogens (tertiary/aromatic N) is 2. The summed E-state index contributed by atoms with van der Waals surface area (Å²) in [4.78, 5) is 54.3. The second kappa shape index (κ2) is 11.5. The molecule has 0 bridgehead atoms. The van der Waals surface area contributed by atoms with Crippen LogP contribution >= 0.6 is 50.7 Å². The topological polar surface area (TPSA) is 116 Å². The fraction of sp³-hybridized carbons (Fsp3) is 0.294. The van der Waals surface area contributed by atoms with Crippen LogP contribution in [0, 0.1) is 17.8 Å². The van der Waals surface area contributed by atoms with Crippen molar-refractivity contribution in [2.45, 2.75) is 28.5 Å². The molecule has 4 amide bonds. The molecule has 13 heteroatoms. The molecular formula is C34H27BrCl3N3O6. The molecule has 0 spiro atoms. The van der Waals surface area contributed by atoms with Gasteiger partial charge in [0.25, 0.3) is 11.8 Å². The van der Waals surface area contributed by atoms with E-state index in [1.54, 1.807) is 24.3 Å². The molecule has 3 fully saturated rings. The Hall–Kier alpha value is -3.57. The zero-order valence-corrected chi connectivity index (χ0v) is 28.6. The van der Waals surface area contributed by atoms with Crippen molar-refractivity contribution in [3.05, 3.63) is 89.0 Å². The highest BCUT2D eigenvalue weighted by Gasteiger charge is 2.76. The number of para-hydroxylation sites is 1. The third-order valence-corrected chi connectivity index (χ3v) is 12.0. The highest BCUT2D eigenvalue weighted by atomic mass is 79.9. The van der Waals surface area contributed by atoms with Gasteiger partial charge < -0.3 is 15.2 Å². The van der Waals surface area contributed by atoms with Gasteiger partial charge in [-0.05, 0) is 72.9 Å². The van der Waals surface area contributed by atoms with E-state index in [4.69, 9.17) is 39.5 Å². The van der Waals surface area contributed by atoms with Crippen LogP contribution in [0.1, 0.15) is 24.3 Å². The Bertz CT molecular complexity index is 1870. The number of alkyl halides is 3. The first kappa shape index (κ1) is 32.0. The number of rotatable bonds is 6. The lowest BCUT2D eigenvalue weighted by atomic mass is 9.56. The monoisotopic (exact) mass is 757 g/mol. The standard InChI is InChI=1S/C34H27BrCl3N3O6/c1-47-25-14-17(13-24(36)28(25)42)27-21-11-12-22-26(23(21)15-33(37)31(45)40(16-35)32(46)34(27,33)38)30(44)41(29(22)43)20-9-7-19(8-10-20)39-18-5-3-2-4-6-18/h2-11,13-14,22-23,26-27,39,42H,12,15-16H2,1H3/t22-,23+,26-,27-,33+,34-/m0/s1. The maximum atomic E-state index is 14.3. The summed E-state index contributed by atoms with van der Waals surface area (Å²) < 4.78 is 5.35. The van der Waals surface area contributed by atoms with E-state index >= 15 is 0 Å². The van der Waals surface area contributed by atoms with Crippen molar-refractivity contribution >= 4 is 91.4 Å². The molecule has 9 nitrogen and oxygen atoms in total. The van der Waals surface area contributed by atoms with Gasteiger partial charge in [0.15, 0.2) is 21.2 Å². The van der Waals surface area contributed by atoms with E-state index in [1.165, 1.54) is 24.1 Å². The fourth-order valence-corrected chi connectivity index (χ4v) is 9.32. The van der Waals surface area contributed by atoms with Crippen LogP contribution in [0.3, 0.4) is 0 Å². The number of aromatic hydroxyl groups is 1. The number of carbonyl (C=O) groups excluding carboxylic acids is 4. The molecule has 4 aliphatic rings. The number of amides is 4. The molecule has 0 radical (unpaired) electrons. The Balaban J connectivity index is 1.30. The van der Waals surface area contributed by atoms with Crippen LogP contribution in [0.25, 0.3) is 0 Å². The summed E-state index contributed by atoms with van der Waals surface area (Å²) in [6.07, 6.45) is 1.89. The predicted octanol–water partition coefficient (Wildman–Crippen LogP) is 6.71. The van der Waals surface area contributed by atoms with E-state index in [9.17, 15) is 24.3 Å². The third-order valence-electron chi connectivity index (χ3n) is 9.81. The Labute approximate surface area is 293 Å². The van der Waals surface area contributed by atoms with Crippen molar-refractivity contribution in [2.75, 3.05) is 22.8 Å². The minimum absolute atomic E-state index is 0.0296. The van der Waals surface area contributed by atoms with E-state index in [2.05, 4.69) is 21.2 Å². The number of allylic oxidation sites excluding steroid dienone is 2. The van der Waals surface area contributed by atoms with Crippen molar-refractivity contribution in [1.29, 1.82) is 0 Å². The van der Waals surface area contributed by atoms with Gasteiger partial charge in [-0.3, -0.25) is 29.0 Å². The van der Waals surface area contributed by atoms with Crippen molar-refractivity contribution < 1.29 is 29.0 Å². The van der Waals surface area contributed by atoms with E-state index in [0.29, 0.717) is 16.8 Å². The molecule has 2 aliphatic carbocycles. The Morgan fingerprint density at radius 2 is 1.64 bits per heavy atom. The zero-order valence-electron chi connectivity index (χ0n) is 24.8. The van der Waals surface area contributed by atoms with Gasteiger partial charge in [0.2, 0.25) is 11.8 Å². The van der Waals surface area contributed by atoms with Crippen molar-refractivity contribution in [1.82, 2.24) is 4.90 Å². The quantitative estimate of drug-likeness (QED) is 0.124. The summed E-state index contributed by atoms with van der Waals surface area (Å²) >= 11 is 24.2. The molecule has 1 saturated carbocycles. The van der Waals surface area contributed by atoms with Crippen molar-refractivity contribution in [3.8, 4) is 11.5 Å². The summed E-state index contributed by atoms with van der Waals surface area (Å²) in [6.45, 7) is 0. The molecule has 2 saturated heterocycles. The molecule has 0 aromatic heterocycles. The SMILES string of the molecule is COc1cc([C@H]2C3=CC[C@@H]4C(=O)N(c5ccc(Nc6ccccc6)cc5)C(=O)[C@@H]4[C@@H]3C[C@@]3(Cl)C(=O)N(CBr)C(=O)[C@@]23Cl)cc(Cl)c1O. The van der Waals surface area contributed by atoms with Gasteiger partial charge >= 0.3 is 0 Å². The molecule has 7 rings (SSSR count). The summed E-state index contributed by atoms with van der Waals surface area (Å²) in [5.74, 6) is -5.79. The predicted molar refractivity (Wildman–Crippen MR) is 182 cm³/mol. The number of phenols is 1. The number of ether oxygens (including phenoxy) is 1. The smallest absolute Gasteiger partial charge is 0.254 e. The third kappa shape index (κ3) is 4.55. The lowest BCUT2D eigenvalue weighted by molar-refractivity contribution is -0.138. The molecule has 2 aliphatic heterocycles. The van der Waals surface area contributed by atoms with Gasteiger partial charge in [-0.2, -0.15) is 0 Å². The Morgan fingerprint density at radius 1 is 0.957 bits per heavy atom. The van der Waals surface area contributed by atoms with Crippen molar-refractivity contribution in [3.63, 3.8) is 0 Å². The summed E-state index contributed by atoms with van der Waals surface area (Å²) in [5.41, 5.74) is 2.91. The molecule has 3 aromatic carbocycles. The molecule has 47 heavy (non-hydrogen) atoms. The first-order chi connectivity index (χ1) is 22.5. The minimum atomic E-state index is -2.01. The molecular weight excluding hydrogens is 733 g/mol. The lowest BCUT2D eigenvalue weighted by Gasteiger charge is -2.50. The molecule has 6 atom stereocenters. The zero-order chi connectivity index (χ0) is 33.4. The number of imide groups is 2. The number of hydrogen-bond acceptors (Lipinski definition) is 7. The number of fused-ring (bicyclic) bond motifs is 4. The number of methoxy groups -OCH3 is 1. The van der Waals surface area contributed by atoms with Crippen LogP contribution < -0.4 is 15.0 Å². The number of carbonyl (C=O) groups is 4. The van der Waals surface area contributed by atoms with E-state index < -0.39 is 51.1 Å². The number of anilines is 3. The summed E-state index contributed by atoms with van der Waals surface area (Å²) in [6, 6.07) is 19.5. The van der Waals surface area contributed by atoms with Gasteiger partial charge in [0.05, 0.1) is 35.1 Å². The average Bonchev–Trinajstić information content (AvgIpc) is 3.40. The van der Waals surface area contributed by atoms with Gasteiger partial charge in [-0.25, -0.2) is 0 Å². The van der Waals surface area contributed by atoms with Gasteiger partial charge in [0, 0.05) is 17.3 Å². The fourth-order valence-electron chi connectivity index (χ4n) is 7.68. The molecule has 3 aromatic rings. The van der Waals surface area contributed by atoms with E-state index in [1.807, 2.05) is 36.4 Å². The number of nitrogens with one attached hydrogen (secondary N) is 1. The lowest BCUT2D eigenvalue weighted by Crippen LogP contribution is -2.60. The maximum Gasteiger partial charge on any atom is 0.254 e.